The lowest BCUT2D eigenvalue weighted by Gasteiger charge is -2.24. The van der Waals surface area contributed by atoms with Crippen molar-refractivity contribution in [2.45, 2.75) is 38.6 Å². The first kappa shape index (κ1) is 10.1. The molecule has 0 spiro atoms. The molecule has 1 aromatic carbocycles. The summed E-state index contributed by atoms with van der Waals surface area (Å²) in [5, 5.41) is 3.50. The summed E-state index contributed by atoms with van der Waals surface area (Å²) in [7, 11) is 0. The lowest BCUT2D eigenvalue weighted by molar-refractivity contribution is 0.439. The fourth-order valence-electron chi connectivity index (χ4n) is 3.32. The Labute approximate surface area is 96.1 Å². The van der Waals surface area contributed by atoms with Crippen molar-refractivity contribution in [1.82, 2.24) is 0 Å². The van der Waals surface area contributed by atoms with E-state index in [4.69, 9.17) is 0 Å². The van der Waals surface area contributed by atoms with Crippen LogP contribution in [0.5, 0.6) is 0 Å². The van der Waals surface area contributed by atoms with Gasteiger partial charge in [0.1, 0.15) is 5.82 Å². The van der Waals surface area contributed by atoms with Crippen LogP contribution in [0.25, 0.3) is 0 Å². The Hall–Kier alpha value is -1.05. The van der Waals surface area contributed by atoms with Gasteiger partial charge < -0.3 is 5.32 Å². The fourth-order valence-corrected chi connectivity index (χ4v) is 3.32. The molecular formula is C14H18FN. The number of halogens is 1. The Balaban J connectivity index is 1.72. The van der Waals surface area contributed by atoms with Crippen LogP contribution in [0.2, 0.25) is 0 Å². The Morgan fingerprint density at radius 3 is 2.75 bits per heavy atom. The van der Waals surface area contributed by atoms with E-state index in [-0.39, 0.29) is 5.82 Å². The van der Waals surface area contributed by atoms with Crippen LogP contribution in [0.4, 0.5) is 10.1 Å². The normalized spacial score (nSPS) is 32.0. The predicted molar refractivity (Wildman–Crippen MR) is 64.0 cm³/mol. The van der Waals surface area contributed by atoms with E-state index in [0.29, 0.717) is 6.04 Å². The Bertz CT molecular complexity index is 402. The van der Waals surface area contributed by atoms with Gasteiger partial charge >= 0.3 is 0 Å². The number of fused-ring (bicyclic) bond motifs is 2. The topological polar surface area (TPSA) is 12.0 Å². The molecule has 2 saturated carbocycles. The van der Waals surface area contributed by atoms with E-state index < -0.39 is 0 Å². The third-order valence-electron chi connectivity index (χ3n) is 4.26. The lowest BCUT2D eigenvalue weighted by atomic mass is 9.95. The molecule has 0 saturated heterocycles. The molecule has 2 bridgehead atoms. The number of hydrogen-bond acceptors (Lipinski definition) is 1. The molecular weight excluding hydrogens is 201 g/mol. The molecule has 0 aromatic heterocycles. The molecule has 2 aliphatic rings. The average molecular weight is 219 g/mol. The number of nitrogens with one attached hydrogen (secondary N) is 1. The Kier molecular flexibility index (Phi) is 2.38. The first-order valence-electron chi connectivity index (χ1n) is 6.25. The highest BCUT2D eigenvalue weighted by atomic mass is 19.1. The van der Waals surface area contributed by atoms with Crippen LogP contribution >= 0.6 is 0 Å². The monoisotopic (exact) mass is 219 g/mol. The molecule has 0 heterocycles. The summed E-state index contributed by atoms with van der Waals surface area (Å²) in [4.78, 5) is 0. The van der Waals surface area contributed by atoms with Gasteiger partial charge in [-0.05, 0) is 55.7 Å². The van der Waals surface area contributed by atoms with E-state index in [1.807, 2.05) is 12.1 Å². The highest BCUT2D eigenvalue weighted by Crippen LogP contribution is 2.45. The van der Waals surface area contributed by atoms with Crippen molar-refractivity contribution in [1.29, 1.82) is 0 Å². The molecule has 0 amide bonds. The molecule has 2 aliphatic carbocycles. The molecule has 1 N–H and O–H groups in total. The molecule has 0 radical (unpaired) electrons. The molecule has 2 heteroatoms. The molecule has 3 atom stereocenters. The van der Waals surface area contributed by atoms with Crippen molar-refractivity contribution < 1.29 is 4.39 Å². The van der Waals surface area contributed by atoms with Crippen molar-refractivity contribution >= 4 is 5.69 Å². The second-order valence-corrected chi connectivity index (χ2v) is 5.39. The van der Waals surface area contributed by atoms with Crippen molar-refractivity contribution in [2.75, 3.05) is 5.32 Å². The van der Waals surface area contributed by atoms with Gasteiger partial charge in [-0.3, -0.25) is 0 Å². The van der Waals surface area contributed by atoms with Gasteiger partial charge in [0.25, 0.3) is 0 Å². The summed E-state index contributed by atoms with van der Waals surface area (Å²) in [6.45, 7) is 1.80. The molecule has 3 unspecified atom stereocenters. The summed E-state index contributed by atoms with van der Waals surface area (Å²) in [5.41, 5.74) is 1.67. The van der Waals surface area contributed by atoms with Gasteiger partial charge in [0.05, 0.1) is 0 Å². The van der Waals surface area contributed by atoms with Gasteiger partial charge in [-0.2, -0.15) is 0 Å². The van der Waals surface area contributed by atoms with E-state index >= 15 is 0 Å². The third kappa shape index (κ3) is 1.70. The highest BCUT2D eigenvalue weighted by molar-refractivity contribution is 5.46. The van der Waals surface area contributed by atoms with Crippen LogP contribution in [0.1, 0.15) is 31.2 Å². The standard InChI is InChI=1S/C14H18FN/c1-9-2-5-12(8-13(9)15)16-14-7-10-3-4-11(14)6-10/h2,5,8,10-11,14,16H,3-4,6-7H2,1H3. The van der Waals surface area contributed by atoms with E-state index in [1.165, 1.54) is 25.7 Å². The highest BCUT2D eigenvalue weighted by Gasteiger charge is 2.39. The van der Waals surface area contributed by atoms with Crippen LogP contribution in [-0.2, 0) is 0 Å². The average Bonchev–Trinajstić information content (AvgIpc) is 2.85. The summed E-state index contributed by atoms with van der Waals surface area (Å²) in [6.07, 6.45) is 5.42. The largest absolute Gasteiger partial charge is 0.382 e. The zero-order chi connectivity index (χ0) is 11.1. The fraction of sp³-hybridized carbons (Fsp3) is 0.571. The number of rotatable bonds is 2. The Morgan fingerprint density at radius 2 is 2.12 bits per heavy atom. The third-order valence-corrected chi connectivity index (χ3v) is 4.26. The van der Waals surface area contributed by atoms with Gasteiger partial charge in [0.2, 0.25) is 0 Å². The zero-order valence-electron chi connectivity index (χ0n) is 9.67. The second kappa shape index (κ2) is 3.76. The van der Waals surface area contributed by atoms with Gasteiger partial charge in [-0.1, -0.05) is 12.5 Å². The summed E-state index contributed by atoms with van der Waals surface area (Å²) < 4.78 is 13.4. The van der Waals surface area contributed by atoms with Gasteiger partial charge in [-0.15, -0.1) is 0 Å². The second-order valence-electron chi connectivity index (χ2n) is 5.39. The quantitative estimate of drug-likeness (QED) is 0.799. The molecule has 16 heavy (non-hydrogen) atoms. The molecule has 2 fully saturated rings. The van der Waals surface area contributed by atoms with E-state index in [2.05, 4.69) is 5.32 Å². The van der Waals surface area contributed by atoms with E-state index in [9.17, 15) is 4.39 Å². The first-order chi connectivity index (χ1) is 7.72. The van der Waals surface area contributed by atoms with Crippen LogP contribution in [0.15, 0.2) is 18.2 Å². The zero-order valence-corrected chi connectivity index (χ0v) is 9.67. The summed E-state index contributed by atoms with van der Waals surface area (Å²) in [5.74, 6) is 1.65. The number of aryl methyl sites for hydroxylation is 1. The van der Waals surface area contributed by atoms with Gasteiger partial charge in [0, 0.05) is 11.7 Å². The van der Waals surface area contributed by atoms with Crippen molar-refractivity contribution in [3.8, 4) is 0 Å². The molecule has 3 rings (SSSR count). The molecule has 86 valence electrons. The minimum Gasteiger partial charge on any atom is -0.382 e. The van der Waals surface area contributed by atoms with Crippen LogP contribution in [-0.4, -0.2) is 6.04 Å². The maximum absolute atomic E-state index is 13.4. The maximum atomic E-state index is 13.4. The van der Waals surface area contributed by atoms with Crippen molar-refractivity contribution in [3.63, 3.8) is 0 Å². The SMILES string of the molecule is Cc1ccc(NC2CC3CCC2C3)cc1F. The smallest absolute Gasteiger partial charge is 0.128 e. The number of anilines is 1. The van der Waals surface area contributed by atoms with Gasteiger partial charge in [-0.25, -0.2) is 4.39 Å². The van der Waals surface area contributed by atoms with Crippen molar-refractivity contribution in [2.24, 2.45) is 11.8 Å². The number of benzene rings is 1. The first-order valence-corrected chi connectivity index (χ1v) is 6.25. The summed E-state index contributed by atoms with van der Waals surface area (Å²) in [6, 6.07) is 6.05. The van der Waals surface area contributed by atoms with Gasteiger partial charge in [0.15, 0.2) is 0 Å². The van der Waals surface area contributed by atoms with Crippen LogP contribution < -0.4 is 5.32 Å². The summed E-state index contributed by atoms with van der Waals surface area (Å²) >= 11 is 0. The predicted octanol–water partition coefficient (Wildman–Crippen LogP) is 3.73. The van der Waals surface area contributed by atoms with Crippen LogP contribution in [0.3, 0.4) is 0 Å². The van der Waals surface area contributed by atoms with E-state index in [1.54, 1.807) is 13.0 Å². The molecule has 1 nitrogen and oxygen atoms in total. The number of hydrogen-bond donors (Lipinski definition) is 1. The molecule has 0 aliphatic heterocycles. The lowest BCUT2D eigenvalue weighted by Crippen LogP contribution is -2.25. The van der Waals surface area contributed by atoms with Crippen molar-refractivity contribution in [3.05, 3.63) is 29.6 Å². The Morgan fingerprint density at radius 1 is 1.25 bits per heavy atom. The minimum atomic E-state index is -0.104. The minimum absolute atomic E-state index is 0.104. The maximum Gasteiger partial charge on any atom is 0.128 e. The molecule has 1 aromatic rings. The van der Waals surface area contributed by atoms with E-state index in [0.717, 1.165) is 23.1 Å². The van der Waals surface area contributed by atoms with Crippen LogP contribution in [0, 0.1) is 24.6 Å².